The number of hydrogen-bond acceptors (Lipinski definition) is 3. The highest BCUT2D eigenvalue weighted by atomic mass is 35.5. The third-order valence-corrected chi connectivity index (χ3v) is 3.73. The summed E-state index contributed by atoms with van der Waals surface area (Å²) in [5.74, 6) is -0.335. The second-order valence-electron chi connectivity index (χ2n) is 4.91. The molecule has 0 aliphatic heterocycles. The van der Waals surface area contributed by atoms with Crippen LogP contribution >= 0.6 is 11.6 Å². The number of benzene rings is 1. The van der Waals surface area contributed by atoms with Crippen LogP contribution in [0.25, 0.3) is 10.9 Å². The van der Waals surface area contributed by atoms with E-state index >= 15 is 0 Å². The van der Waals surface area contributed by atoms with Crippen molar-refractivity contribution in [2.75, 3.05) is 0 Å². The highest BCUT2D eigenvalue weighted by Gasteiger charge is 2.15. The van der Waals surface area contributed by atoms with E-state index in [0.717, 1.165) is 23.0 Å². The Balaban J connectivity index is 1.82. The number of fused-ring (bicyclic) bond motifs is 1. The Morgan fingerprint density at radius 2 is 2.09 bits per heavy atom. The van der Waals surface area contributed by atoms with Gasteiger partial charge in [0.25, 0.3) is 0 Å². The van der Waals surface area contributed by atoms with Gasteiger partial charge in [-0.3, -0.25) is 0 Å². The Hall–Kier alpha value is -2.33. The van der Waals surface area contributed by atoms with Gasteiger partial charge in [-0.1, -0.05) is 35.9 Å². The molecule has 2 aromatic heterocycles. The van der Waals surface area contributed by atoms with Crippen molar-refractivity contribution >= 4 is 28.5 Å². The van der Waals surface area contributed by atoms with E-state index in [1.54, 1.807) is 18.3 Å². The van der Waals surface area contributed by atoms with Gasteiger partial charge in [-0.25, -0.2) is 9.78 Å². The highest BCUT2D eigenvalue weighted by Crippen LogP contribution is 2.22. The first-order chi connectivity index (χ1) is 10.7. The van der Waals surface area contributed by atoms with E-state index in [-0.39, 0.29) is 12.6 Å². The molecule has 0 spiro atoms. The number of rotatable bonds is 4. The van der Waals surface area contributed by atoms with E-state index in [1.807, 2.05) is 42.0 Å². The molecule has 0 aliphatic carbocycles. The SMILES string of the molecule is CCn1cc(C(=O)OCc2ccc(Cl)nc2)c2ccccc21. The minimum Gasteiger partial charge on any atom is -0.457 e. The minimum absolute atomic E-state index is 0.175. The van der Waals surface area contributed by atoms with Gasteiger partial charge >= 0.3 is 5.97 Å². The fourth-order valence-corrected chi connectivity index (χ4v) is 2.50. The summed E-state index contributed by atoms with van der Waals surface area (Å²) in [5, 5.41) is 1.32. The third-order valence-electron chi connectivity index (χ3n) is 3.51. The molecule has 22 heavy (non-hydrogen) atoms. The molecule has 3 rings (SSSR count). The van der Waals surface area contributed by atoms with Gasteiger partial charge in [0.05, 0.1) is 5.56 Å². The Kier molecular flexibility index (Phi) is 4.11. The van der Waals surface area contributed by atoms with Crippen molar-refractivity contribution in [2.45, 2.75) is 20.1 Å². The average molecular weight is 315 g/mol. The van der Waals surface area contributed by atoms with Gasteiger partial charge in [-0.05, 0) is 19.1 Å². The average Bonchev–Trinajstić information content (AvgIpc) is 2.93. The van der Waals surface area contributed by atoms with Crippen LogP contribution in [0.2, 0.25) is 5.15 Å². The third kappa shape index (κ3) is 2.83. The van der Waals surface area contributed by atoms with Crippen LogP contribution in [0.4, 0.5) is 0 Å². The molecule has 4 nitrogen and oxygen atoms in total. The van der Waals surface area contributed by atoms with Gasteiger partial charge in [0.2, 0.25) is 0 Å². The zero-order valence-corrected chi connectivity index (χ0v) is 12.9. The first kappa shape index (κ1) is 14.6. The lowest BCUT2D eigenvalue weighted by Gasteiger charge is -2.04. The van der Waals surface area contributed by atoms with Crippen molar-refractivity contribution in [3.05, 3.63) is 65.1 Å². The lowest BCUT2D eigenvalue weighted by atomic mass is 10.2. The van der Waals surface area contributed by atoms with E-state index in [9.17, 15) is 4.79 Å². The Bertz CT molecular complexity index is 809. The first-order valence-corrected chi connectivity index (χ1v) is 7.42. The topological polar surface area (TPSA) is 44.1 Å². The van der Waals surface area contributed by atoms with E-state index in [0.29, 0.717) is 10.7 Å². The molecular formula is C17H15ClN2O2. The highest BCUT2D eigenvalue weighted by molar-refractivity contribution is 6.29. The summed E-state index contributed by atoms with van der Waals surface area (Å²) in [7, 11) is 0. The van der Waals surface area contributed by atoms with Crippen LogP contribution in [0.15, 0.2) is 48.8 Å². The van der Waals surface area contributed by atoms with Crippen molar-refractivity contribution < 1.29 is 9.53 Å². The molecule has 0 fully saturated rings. The predicted octanol–water partition coefficient (Wildman–Crippen LogP) is 4.07. The molecule has 0 radical (unpaired) electrons. The quantitative estimate of drug-likeness (QED) is 0.538. The molecule has 3 aromatic rings. The van der Waals surface area contributed by atoms with Crippen LogP contribution < -0.4 is 0 Å². The number of aromatic nitrogens is 2. The van der Waals surface area contributed by atoms with Crippen molar-refractivity contribution in [3.63, 3.8) is 0 Å². The summed E-state index contributed by atoms with van der Waals surface area (Å²) in [6, 6.07) is 11.3. The molecule has 0 saturated heterocycles. The molecule has 0 saturated carbocycles. The largest absolute Gasteiger partial charge is 0.457 e. The Morgan fingerprint density at radius 1 is 1.27 bits per heavy atom. The summed E-state index contributed by atoms with van der Waals surface area (Å²) in [6.07, 6.45) is 3.44. The van der Waals surface area contributed by atoms with E-state index in [2.05, 4.69) is 4.98 Å². The zero-order valence-electron chi connectivity index (χ0n) is 12.1. The first-order valence-electron chi connectivity index (χ1n) is 7.04. The van der Waals surface area contributed by atoms with E-state index in [1.165, 1.54) is 0 Å². The standard InChI is InChI=1S/C17H15ClN2O2/c1-2-20-10-14(13-5-3-4-6-15(13)20)17(21)22-11-12-7-8-16(18)19-9-12/h3-10H,2,11H2,1H3. The molecule has 0 atom stereocenters. The van der Waals surface area contributed by atoms with Crippen molar-refractivity contribution in [2.24, 2.45) is 0 Å². The van der Waals surface area contributed by atoms with Crippen LogP contribution in [-0.2, 0) is 17.9 Å². The Labute approximate surface area is 133 Å². The molecule has 0 aliphatic rings. The minimum atomic E-state index is -0.335. The number of nitrogens with zero attached hydrogens (tertiary/aromatic N) is 2. The van der Waals surface area contributed by atoms with Crippen LogP contribution in [0.5, 0.6) is 0 Å². The smallest absolute Gasteiger partial charge is 0.340 e. The maximum Gasteiger partial charge on any atom is 0.340 e. The number of pyridine rings is 1. The molecular weight excluding hydrogens is 300 g/mol. The molecule has 0 unspecified atom stereocenters. The normalized spacial score (nSPS) is 10.8. The van der Waals surface area contributed by atoms with Crippen LogP contribution in [0.1, 0.15) is 22.8 Å². The van der Waals surface area contributed by atoms with Gasteiger partial charge in [0.15, 0.2) is 0 Å². The second kappa shape index (κ2) is 6.20. The number of ether oxygens (including phenoxy) is 1. The van der Waals surface area contributed by atoms with E-state index < -0.39 is 0 Å². The number of carbonyl (C=O) groups excluding carboxylic acids is 1. The maximum atomic E-state index is 12.3. The van der Waals surface area contributed by atoms with Crippen molar-refractivity contribution in [1.82, 2.24) is 9.55 Å². The lowest BCUT2D eigenvalue weighted by Crippen LogP contribution is -2.05. The van der Waals surface area contributed by atoms with Crippen LogP contribution in [0, 0.1) is 0 Å². The summed E-state index contributed by atoms with van der Waals surface area (Å²) >= 11 is 5.73. The monoisotopic (exact) mass is 314 g/mol. The number of aryl methyl sites for hydroxylation is 1. The Morgan fingerprint density at radius 3 is 2.82 bits per heavy atom. The predicted molar refractivity (Wildman–Crippen MR) is 86.0 cm³/mol. The van der Waals surface area contributed by atoms with Crippen molar-refractivity contribution in [3.8, 4) is 0 Å². The summed E-state index contributed by atoms with van der Waals surface area (Å²) in [5.41, 5.74) is 2.42. The molecule has 0 N–H and O–H groups in total. The number of halogens is 1. The van der Waals surface area contributed by atoms with Gasteiger partial charge in [-0.2, -0.15) is 0 Å². The molecule has 0 amide bonds. The fourth-order valence-electron chi connectivity index (χ4n) is 2.39. The second-order valence-corrected chi connectivity index (χ2v) is 5.30. The summed E-state index contributed by atoms with van der Waals surface area (Å²) in [4.78, 5) is 16.3. The number of carbonyl (C=O) groups is 1. The number of esters is 1. The zero-order chi connectivity index (χ0) is 15.5. The van der Waals surface area contributed by atoms with Crippen molar-refractivity contribution in [1.29, 1.82) is 0 Å². The maximum absolute atomic E-state index is 12.3. The van der Waals surface area contributed by atoms with Gasteiger partial charge < -0.3 is 9.30 Å². The summed E-state index contributed by atoms with van der Waals surface area (Å²) in [6.45, 7) is 3.02. The molecule has 112 valence electrons. The number of para-hydroxylation sites is 1. The number of hydrogen-bond donors (Lipinski definition) is 0. The van der Waals surface area contributed by atoms with Gasteiger partial charge in [-0.15, -0.1) is 0 Å². The fraction of sp³-hybridized carbons (Fsp3) is 0.176. The molecule has 0 bridgehead atoms. The molecule has 1 aromatic carbocycles. The van der Waals surface area contributed by atoms with Crippen LogP contribution in [0.3, 0.4) is 0 Å². The van der Waals surface area contributed by atoms with Gasteiger partial charge in [0, 0.05) is 35.4 Å². The van der Waals surface area contributed by atoms with Crippen LogP contribution in [-0.4, -0.2) is 15.5 Å². The summed E-state index contributed by atoms with van der Waals surface area (Å²) < 4.78 is 7.42. The molecule has 2 heterocycles. The van der Waals surface area contributed by atoms with Gasteiger partial charge in [0.1, 0.15) is 11.8 Å². The lowest BCUT2D eigenvalue weighted by molar-refractivity contribution is 0.0474. The molecule has 5 heteroatoms. The van der Waals surface area contributed by atoms with E-state index in [4.69, 9.17) is 16.3 Å².